The van der Waals surface area contributed by atoms with E-state index in [9.17, 15) is 31.1 Å². The molecule has 1 unspecified atom stereocenters. The Morgan fingerprint density at radius 2 is 1.65 bits per heavy atom. The van der Waals surface area contributed by atoms with Gasteiger partial charge in [0.2, 0.25) is 12.0 Å². The van der Waals surface area contributed by atoms with E-state index in [-0.39, 0.29) is 0 Å². The molecule has 0 saturated carbocycles. The van der Waals surface area contributed by atoms with Gasteiger partial charge in [0, 0.05) is 0 Å². The van der Waals surface area contributed by atoms with E-state index in [1.165, 1.54) is 0 Å². The highest BCUT2D eigenvalue weighted by atomic mass is 19.4. The summed E-state index contributed by atoms with van der Waals surface area (Å²) in [5.74, 6) is -1.12. The maximum Gasteiger partial charge on any atom is 0.423 e. The maximum absolute atomic E-state index is 12.0. The third kappa shape index (κ3) is 5.22. The third-order valence-electron chi connectivity index (χ3n) is 1.72. The number of ether oxygens (including phenoxy) is 1. The van der Waals surface area contributed by atoms with Crippen molar-refractivity contribution in [2.75, 3.05) is 13.7 Å². The zero-order chi connectivity index (χ0) is 13.9. The van der Waals surface area contributed by atoms with E-state index >= 15 is 0 Å². The molecule has 0 aromatic carbocycles. The molecular formula is C7H10F6N2O2. The van der Waals surface area contributed by atoms with Crippen LogP contribution in [0.3, 0.4) is 0 Å². The number of likely N-dealkylation sites (N-methyl/N-ethyl adjacent to an activating group) is 1. The van der Waals surface area contributed by atoms with E-state index in [4.69, 9.17) is 5.73 Å². The summed E-state index contributed by atoms with van der Waals surface area (Å²) in [7, 11) is 1.15. The largest absolute Gasteiger partial charge is 0.423 e. The molecule has 0 aromatic rings. The van der Waals surface area contributed by atoms with Crippen LogP contribution in [0.2, 0.25) is 0 Å². The van der Waals surface area contributed by atoms with Gasteiger partial charge in [-0.15, -0.1) is 0 Å². The van der Waals surface area contributed by atoms with Crippen molar-refractivity contribution in [1.82, 2.24) is 5.32 Å². The molecule has 10 heteroatoms. The van der Waals surface area contributed by atoms with Crippen molar-refractivity contribution in [3.63, 3.8) is 0 Å². The fourth-order valence-corrected chi connectivity index (χ4v) is 0.875. The molecule has 0 fully saturated rings. The fourth-order valence-electron chi connectivity index (χ4n) is 0.875. The number of halogens is 6. The number of alkyl halides is 6. The molecule has 4 nitrogen and oxygen atoms in total. The second kappa shape index (κ2) is 5.54. The maximum atomic E-state index is 12.0. The molecular weight excluding hydrogens is 258 g/mol. The Balaban J connectivity index is 4.63. The molecule has 17 heavy (non-hydrogen) atoms. The van der Waals surface area contributed by atoms with Gasteiger partial charge in [0.25, 0.3) is 0 Å². The van der Waals surface area contributed by atoms with Crippen LogP contribution in [0, 0.1) is 0 Å². The lowest BCUT2D eigenvalue weighted by atomic mass is 10.3. The Morgan fingerprint density at radius 1 is 1.24 bits per heavy atom. The predicted molar refractivity (Wildman–Crippen MR) is 43.9 cm³/mol. The Labute approximate surface area is 92.1 Å². The van der Waals surface area contributed by atoms with Crippen molar-refractivity contribution in [2.24, 2.45) is 5.73 Å². The first-order valence-corrected chi connectivity index (χ1v) is 4.21. The molecule has 1 amide bonds. The zero-order valence-electron chi connectivity index (χ0n) is 8.52. The second-order valence-corrected chi connectivity index (χ2v) is 3.04. The molecule has 0 aromatic heterocycles. The highest BCUT2D eigenvalue weighted by Crippen LogP contribution is 2.35. The smallest absolute Gasteiger partial charge is 0.368 e. The standard InChI is InChI=1S/C7H10F6N2O2/c1-15-3(4(14)16)2-17-5(6(8,9)10)7(11,12)13/h3,5,15H,2H2,1H3,(H2,14,16). The monoisotopic (exact) mass is 268 g/mol. The van der Waals surface area contributed by atoms with Crippen LogP contribution in [0.4, 0.5) is 26.3 Å². The van der Waals surface area contributed by atoms with Gasteiger partial charge in [-0.3, -0.25) is 4.79 Å². The van der Waals surface area contributed by atoms with Crippen molar-refractivity contribution in [3.8, 4) is 0 Å². The van der Waals surface area contributed by atoms with Gasteiger partial charge in [0.1, 0.15) is 6.04 Å². The number of hydrogen-bond acceptors (Lipinski definition) is 3. The predicted octanol–water partition coefficient (Wildman–Crippen LogP) is 0.570. The summed E-state index contributed by atoms with van der Waals surface area (Å²) in [5, 5.41) is 2.13. The molecule has 3 N–H and O–H groups in total. The lowest BCUT2D eigenvalue weighted by molar-refractivity contribution is -0.322. The SMILES string of the molecule is CNC(COC(C(F)(F)F)C(F)(F)F)C(N)=O. The van der Waals surface area contributed by atoms with Gasteiger partial charge in [-0.1, -0.05) is 0 Å². The highest BCUT2D eigenvalue weighted by Gasteiger charge is 2.58. The third-order valence-corrected chi connectivity index (χ3v) is 1.72. The van der Waals surface area contributed by atoms with Crippen molar-refractivity contribution < 1.29 is 35.9 Å². The molecule has 0 aliphatic carbocycles. The summed E-state index contributed by atoms with van der Waals surface area (Å²) >= 11 is 0. The summed E-state index contributed by atoms with van der Waals surface area (Å²) < 4.78 is 75.6. The molecule has 0 aliphatic heterocycles. The van der Waals surface area contributed by atoms with Gasteiger partial charge in [0.05, 0.1) is 6.61 Å². The second-order valence-electron chi connectivity index (χ2n) is 3.04. The van der Waals surface area contributed by atoms with E-state index in [1.54, 1.807) is 0 Å². The number of nitrogens with two attached hydrogens (primary N) is 1. The summed E-state index contributed by atoms with van der Waals surface area (Å²) in [4.78, 5) is 10.6. The first-order valence-electron chi connectivity index (χ1n) is 4.21. The topological polar surface area (TPSA) is 64.3 Å². The average Bonchev–Trinajstić information content (AvgIpc) is 2.07. The van der Waals surface area contributed by atoms with Crippen LogP contribution in [-0.2, 0) is 9.53 Å². The van der Waals surface area contributed by atoms with Crippen LogP contribution in [-0.4, -0.2) is 44.1 Å². The summed E-state index contributed by atoms with van der Waals surface area (Å²) in [6.07, 6.45) is -15.1. The number of hydrogen-bond donors (Lipinski definition) is 2. The minimum Gasteiger partial charge on any atom is -0.368 e. The summed E-state index contributed by atoms with van der Waals surface area (Å²) in [6.45, 7) is -1.13. The van der Waals surface area contributed by atoms with Crippen LogP contribution in [0.15, 0.2) is 0 Å². The molecule has 0 radical (unpaired) electrons. The zero-order valence-corrected chi connectivity index (χ0v) is 8.52. The van der Waals surface area contributed by atoms with Gasteiger partial charge in [-0.2, -0.15) is 26.3 Å². The minimum atomic E-state index is -5.60. The van der Waals surface area contributed by atoms with E-state index in [1.807, 2.05) is 0 Å². The number of rotatable bonds is 5. The molecule has 0 saturated heterocycles. The highest BCUT2D eigenvalue weighted by molar-refractivity contribution is 5.79. The van der Waals surface area contributed by atoms with Gasteiger partial charge < -0.3 is 15.8 Å². The summed E-state index contributed by atoms with van der Waals surface area (Å²) in [5.41, 5.74) is 4.71. The molecule has 1 atom stereocenters. The van der Waals surface area contributed by atoms with Crippen LogP contribution in [0.1, 0.15) is 0 Å². The van der Waals surface area contributed by atoms with Crippen LogP contribution < -0.4 is 11.1 Å². The van der Waals surface area contributed by atoms with Gasteiger partial charge in [-0.25, -0.2) is 0 Å². The van der Waals surface area contributed by atoms with E-state index in [0.717, 1.165) is 7.05 Å². The van der Waals surface area contributed by atoms with E-state index < -0.39 is 37.0 Å². The molecule has 0 spiro atoms. The molecule has 102 valence electrons. The first kappa shape index (κ1) is 16.0. The number of nitrogens with one attached hydrogen (secondary N) is 1. The molecule has 0 aliphatic rings. The van der Waals surface area contributed by atoms with Crippen LogP contribution in [0.5, 0.6) is 0 Å². The number of carbonyl (C=O) groups is 1. The van der Waals surface area contributed by atoms with Crippen molar-refractivity contribution in [2.45, 2.75) is 24.5 Å². The van der Waals surface area contributed by atoms with Gasteiger partial charge >= 0.3 is 12.4 Å². The normalized spacial score (nSPS) is 15.1. The van der Waals surface area contributed by atoms with Crippen LogP contribution >= 0.6 is 0 Å². The number of primary amides is 1. The average molecular weight is 268 g/mol. The van der Waals surface area contributed by atoms with Crippen molar-refractivity contribution in [1.29, 1.82) is 0 Å². The van der Waals surface area contributed by atoms with Gasteiger partial charge in [0.15, 0.2) is 0 Å². The quantitative estimate of drug-likeness (QED) is 0.716. The molecule has 0 rings (SSSR count). The molecule has 0 bridgehead atoms. The van der Waals surface area contributed by atoms with Crippen molar-refractivity contribution in [3.05, 3.63) is 0 Å². The Kier molecular flexibility index (Phi) is 5.20. The van der Waals surface area contributed by atoms with E-state index in [0.29, 0.717) is 0 Å². The minimum absolute atomic E-state index is 1.12. The fraction of sp³-hybridized carbons (Fsp3) is 0.857. The van der Waals surface area contributed by atoms with E-state index in [2.05, 4.69) is 10.1 Å². The van der Waals surface area contributed by atoms with Crippen molar-refractivity contribution >= 4 is 5.91 Å². The Hall–Kier alpha value is -1.03. The lowest BCUT2D eigenvalue weighted by Gasteiger charge is -2.24. The molecule has 0 heterocycles. The van der Waals surface area contributed by atoms with Gasteiger partial charge in [-0.05, 0) is 7.05 Å². The lowest BCUT2D eigenvalue weighted by Crippen LogP contribution is -2.49. The first-order chi connectivity index (χ1) is 7.50. The van der Waals surface area contributed by atoms with Crippen LogP contribution in [0.25, 0.3) is 0 Å². The number of amides is 1. The Bertz CT molecular complexity index is 250. The summed E-state index contributed by atoms with van der Waals surface area (Å²) in [6, 6.07) is -1.43. The number of carbonyl (C=O) groups excluding carboxylic acids is 1. The Morgan fingerprint density at radius 3 is 1.88 bits per heavy atom.